The van der Waals surface area contributed by atoms with Crippen LogP contribution in [-0.2, 0) is 19.1 Å². The first-order valence-corrected chi connectivity index (χ1v) is 11.9. The number of ether oxygens (including phenoxy) is 1. The van der Waals surface area contributed by atoms with E-state index in [0.717, 1.165) is 29.7 Å². The third-order valence-corrected chi connectivity index (χ3v) is 7.57. The van der Waals surface area contributed by atoms with Gasteiger partial charge in [-0.15, -0.1) is 0 Å². The van der Waals surface area contributed by atoms with Gasteiger partial charge in [0.15, 0.2) is 0 Å². The van der Waals surface area contributed by atoms with Gasteiger partial charge < -0.3 is 15.0 Å². The van der Waals surface area contributed by atoms with Gasteiger partial charge in [-0.25, -0.2) is 0 Å². The zero-order chi connectivity index (χ0) is 23.4. The average Bonchev–Trinajstić information content (AvgIpc) is 3.53. The Morgan fingerprint density at radius 1 is 1.03 bits per heavy atom. The second-order valence-electron chi connectivity index (χ2n) is 9.54. The fourth-order valence-electron chi connectivity index (χ4n) is 6.07. The Morgan fingerprint density at radius 2 is 1.76 bits per heavy atom. The molecular formula is C27H27N3O4. The molecule has 0 radical (unpaired) electrons. The van der Waals surface area contributed by atoms with E-state index in [1.807, 2.05) is 66.4 Å². The third kappa shape index (κ3) is 3.18. The zero-order valence-electron chi connectivity index (χ0n) is 19.0. The Hall–Kier alpha value is -3.45. The van der Waals surface area contributed by atoms with Crippen molar-refractivity contribution < 1.29 is 19.1 Å². The summed E-state index contributed by atoms with van der Waals surface area (Å²) in [5.41, 5.74) is 3.63. The number of carbonyl (C=O) groups excluding carboxylic acids is 3. The number of allylic oxidation sites excluding steroid dienone is 1. The summed E-state index contributed by atoms with van der Waals surface area (Å²) in [5.74, 6) is -2.07. The van der Waals surface area contributed by atoms with Crippen molar-refractivity contribution in [2.45, 2.75) is 38.0 Å². The van der Waals surface area contributed by atoms with Crippen molar-refractivity contribution in [1.29, 1.82) is 0 Å². The van der Waals surface area contributed by atoms with Crippen LogP contribution in [0.5, 0.6) is 0 Å². The minimum absolute atomic E-state index is 0.121. The van der Waals surface area contributed by atoms with Crippen molar-refractivity contribution >= 4 is 34.7 Å². The minimum atomic E-state index is -0.786. The molecule has 3 fully saturated rings. The SMILES string of the molecule is CC1=C[C@@H]2[C@H]3C(=O)N(C[C@@H]4CCCO4)C(=O)[C@@H]3[C@H](C(=O)Nc3ccccc3)N2c2ccccc21. The lowest BCUT2D eigenvalue weighted by atomic mass is 9.87. The van der Waals surface area contributed by atoms with Crippen molar-refractivity contribution in [2.24, 2.45) is 11.8 Å². The van der Waals surface area contributed by atoms with Crippen molar-refractivity contribution in [1.82, 2.24) is 4.90 Å². The van der Waals surface area contributed by atoms with E-state index >= 15 is 0 Å². The van der Waals surface area contributed by atoms with E-state index < -0.39 is 17.9 Å². The van der Waals surface area contributed by atoms with E-state index in [1.54, 1.807) is 0 Å². The summed E-state index contributed by atoms with van der Waals surface area (Å²) in [6, 6.07) is 16.0. The summed E-state index contributed by atoms with van der Waals surface area (Å²) < 4.78 is 5.71. The Balaban J connectivity index is 1.41. The summed E-state index contributed by atoms with van der Waals surface area (Å²) in [4.78, 5) is 44.4. The van der Waals surface area contributed by atoms with Crippen LogP contribution in [-0.4, -0.2) is 54.0 Å². The number of nitrogens with one attached hydrogen (secondary N) is 1. The smallest absolute Gasteiger partial charge is 0.247 e. The number of rotatable bonds is 4. The average molecular weight is 458 g/mol. The molecule has 3 saturated heterocycles. The number of hydrogen-bond acceptors (Lipinski definition) is 5. The molecule has 0 aliphatic carbocycles. The molecule has 3 amide bonds. The number of carbonyl (C=O) groups is 3. The van der Waals surface area contributed by atoms with Gasteiger partial charge in [0.25, 0.3) is 0 Å². The number of nitrogens with zero attached hydrogens (tertiary/aromatic N) is 2. The predicted molar refractivity (Wildman–Crippen MR) is 128 cm³/mol. The standard InChI is InChI=1S/C27H27N3O4/c1-16-14-21-22-23(27(33)29(26(22)32)15-18-10-7-13-34-18)24(25(31)28-17-8-3-2-4-9-17)30(21)20-12-6-5-11-19(16)20/h2-6,8-9,11-12,14,18,21-24H,7,10,13,15H2,1H3,(H,28,31)/t18-,21+,22+,23-,24+/m0/s1. The minimum Gasteiger partial charge on any atom is -0.376 e. The zero-order valence-corrected chi connectivity index (χ0v) is 19.0. The summed E-state index contributed by atoms with van der Waals surface area (Å²) in [7, 11) is 0. The lowest BCUT2D eigenvalue weighted by Gasteiger charge is -2.38. The van der Waals surface area contributed by atoms with Gasteiger partial charge in [-0.3, -0.25) is 19.3 Å². The fraction of sp³-hybridized carbons (Fsp3) is 0.370. The van der Waals surface area contributed by atoms with Crippen LogP contribution in [0.3, 0.4) is 0 Å². The highest BCUT2D eigenvalue weighted by atomic mass is 16.5. The summed E-state index contributed by atoms with van der Waals surface area (Å²) in [5, 5.41) is 2.99. The Morgan fingerprint density at radius 3 is 2.53 bits per heavy atom. The molecule has 2 aromatic rings. The van der Waals surface area contributed by atoms with Gasteiger partial charge in [0, 0.05) is 23.5 Å². The highest BCUT2D eigenvalue weighted by molar-refractivity contribution is 6.12. The van der Waals surface area contributed by atoms with Gasteiger partial charge in [-0.2, -0.15) is 0 Å². The number of likely N-dealkylation sites (tertiary alicyclic amines) is 1. The van der Waals surface area contributed by atoms with Crippen LogP contribution in [0, 0.1) is 11.8 Å². The summed E-state index contributed by atoms with van der Waals surface area (Å²) >= 11 is 0. The number of para-hydroxylation sites is 2. The fourth-order valence-corrected chi connectivity index (χ4v) is 6.07. The molecule has 34 heavy (non-hydrogen) atoms. The molecule has 1 N–H and O–H groups in total. The first kappa shape index (κ1) is 21.1. The molecule has 4 aliphatic rings. The monoisotopic (exact) mass is 457 g/mol. The van der Waals surface area contributed by atoms with E-state index in [1.165, 1.54) is 4.90 Å². The van der Waals surface area contributed by atoms with Crippen LogP contribution in [0.4, 0.5) is 11.4 Å². The normalized spacial score (nSPS) is 29.6. The van der Waals surface area contributed by atoms with Crippen molar-refractivity contribution in [3.63, 3.8) is 0 Å². The van der Waals surface area contributed by atoms with Gasteiger partial charge in [-0.1, -0.05) is 42.5 Å². The second-order valence-corrected chi connectivity index (χ2v) is 9.54. The van der Waals surface area contributed by atoms with Gasteiger partial charge in [0.05, 0.1) is 30.5 Å². The van der Waals surface area contributed by atoms with Gasteiger partial charge in [0.1, 0.15) is 6.04 Å². The first-order chi connectivity index (χ1) is 16.5. The number of hydrogen-bond donors (Lipinski definition) is 1. The second kappa shape index (κ2) is 8.09. The van der Waals surface area contributed by atoms with E-state index in [9.17, 15) is 14.4 Å². The maximum Gasteiger partial charge on any atom is 0.247 e. The van der Waals surface area contributed by atoms with E-state index in [0.29, 0.717) is 12.3 Å². The predicted octanol–water partition coefficient (Wildman–Crippen LogP) is 3.08. The highest BCUT2D eigenvalue weighted by Gasteiger charge is 2.64. The molecule has 174 valence electrons. The molecule has 2 aromatic carbocycles. The van der Waals surface area contributed by atoms with Crippen LogP contribution < -0.4 is 10.2 Å². The Kier molecular flexibility index (Phi) is 5.03. The van der Waals surface area contributed by atoms with Crippen molar-refractivity contribution in [2.75, 3.05) is 23.4 Å². The number of benzene rings is 2. The van der Waals surface area contributed by atoms with E-state index in [-0.39, 0.29) is 36.4 Å². The van der Waals surface area contributed by atoms with E-state index in [4.69, 9.17) is 4.74 Å². The maximum absolute atomic E-state index is 13.7. The third-order valence-electron chi connectivity index (χ3n) is 7.57. The topological polar surface area (TPSA) is 78.9 Å². The van der Waals surface area contributed by atoms with Gasteiger partial charge >= 0.3 is 0 Å². The number of fused-ring (bicyclic) bond motifs is 5. The molecule has 0 aromatic heterocycles. The van der Waals surface area contributed by atoms with Gasteiger partial charge in [-0.05, 0) is 43.5 Å². The summed E-state index contributed by atoms with van der Waals surface area (Å²) in [6.07, 6.45) is 3.71. The molecule has 0 spiro atoms. The van der Waals surface area contributed by atoms with Crippen LogP contribution in [0.15, 0.2) is 60.7 Å². The molecule has 0 saturated carbocycles. The Bertz CT molecular complexity index is 1190. The van der Waals surface area contributed by atoms with E-state index in [2.05, 4.69) is 11.4 Å². The summed E-state index contributed by atoms with van der Waals surface area (Å²) in [6.45, 7) is 2.95. The van der Waals surface area contributed by atoms with Crippen LogP contribution in [0.1, 0.15) is 25.3 Å². The molecule has 0 bridgehead atoms. The molecular weight excluding hydrogens is 430 g/mol. The number of amides is 3. The molecule has 7 heteroatoms. The first-order valence-electron chi connectivity index (χ1n) is 11.9. The Labute approximate surface area is 198 Å². The maximum atomic E-state index is 13.7. The molecule has 0 unspecified atom stereocenters. The highest BCUT2D eigenvalue weighted by Crippen LogP contribution is 2.50. The molecule has 4 aliphatic heterocycles. The van der Waals surface area contributed by atoms with Crippen molar-refractivity contribution in [3.8, 4) is 0 Å². The molecule has 4 heterocycles. The van der Waals surface area contributed by atoms with Crippen LogP contribution >= 0.6 is 0 Å². The number of anilines is 2. The van der Waals surface area contributed by atoms with Crippen molar-refractivity contribution in [3.05, 3.63) is 66.2 Å². The van der Waals surface area contributed by atoms with Gasteiger partial charge in [0.2, 0.25) is 17.7 Å². The molecule has 7 nitrogen and oxygen atoms in total. The lowest BCUT2D eigenvalue weighted by molar-refractivity contribution is -0.142. The number of imide groups is 1. The van der Waals surface area contributed by atoms with Crippen LogP contribution in [0.25, 0.3) is 5.57 Å². The lowest BCUT2D eigenvalue weighted by Crippen LogP contribution is -2.51. The quantitative estimate of drug-likeness (QED) is 0.714. The molecule has 6 rings (SSSR count). The molecule has 5 atom stereocenters. The largest absolute Gasteiger partial charge is 0.376 e. The van der Waals surface area contributed by atoms with Crippen LogP contribution in [0.2, 0.25) is 0 Å².